The lowest BCUT2D eigenvalue weighted by atomic mass is 10.0. The zero-order chi connectivity index (χ0) is 26.1. The van der Waals surface area contributed by atoms with Crippen molar-refractivity contribution in [3.63, 3.8) is 0 Å². The number of benzene rings is 2. The number of nitrogens with one attached hydrogen (secondary N) is 2. The first kappa shape index (κ1) is 27.1. The van der Waals surface area contributed by atoms with E-state index in [1.165, 1.54) is 11.8 Å². The molecular weight excluding hydrogens is 478 g/mol. The number of aryl methyl sites for hydroxylation is 1. The highest BCUT2D eigenvalue weighted by atomic mass is 32.2. The minimum absolute atomic E-state index is 0.0889. The SMILES string of the molecule is CCOc1ccc(NC(=O)CSc2nnc(CNC(=O)COc3cc(C)ccc3C(C)C)n2C)cc1. The molecule has 3 aromatic rings. The Morgan fingerprint density at radius 3 is 2.50 bits per heavy atom. The maximum absolute atomic E-state index is 12.4. The second kappa shape index (κ2) is 13.0. The van der Waals surface area contributed by atoms with Gasteiger partial charge in [-0.05, 0) is 61.2 Å². The van der Waals surface area contributed by atoms with Crippen LogP contribution in [-0.4, -0.2) is 45.5 Å². The van der Waals surface area contributed by atoms with Crippen molar-refractivity contribution < 1.29 is 19.1 Å². The number of anilines is 1. The first-order valence-electron chi connectivity index (χ1n) is 11.8. The molecule has 0 radical (unpaired) electrons. The maximum atomic E-state index is 12.4. The van der Waals surface area contributed by atoms with Crippen LogP contribution in [0.1, 0.15) is 43.6 Å². The van der Waals surface area contributed by atoms with Gasteiger partial charge in [-0.3, -0.25) is 9.59 Å². The second-order valence-corrected chi connectivity index (χ2v) is 9.46. The molecule has 10 heteroatoms. The fourth-order valence-corrected chi connectivity index (χ4v) is 4.10. The van der Waals surface area contributed by atoms with Crippen molar-refractivity contribution in [1.82, 2.24) is 20.1 Å². The second-order valence-electron chi connectivity index (χ2n) is 8.51. The molecule has 3 rings (SSSR count). The van der Waals surface area contributed by atoms with Crippen LogP contribution in [0, 0.1) is 6.92 Å². The molecule has 192 valence electrons. The summed E-state index contributed by atoms with van der Waals surface area (Å²) in [6, 6.07) is 13.2. The zero-order valence-corrected chi connectivity index (χ0v) is 22.1. The Bertz CT molecular complexity index is 1180. The average molecular weight is 512 g/mol. The van der Waals surface area contributed by atoms with Crippen molar-refractivity contribution in [1.29, 1.82) is 0 Å². The molecule has 0 bridgehead atoms. The summed E-state index contributed by atoms with van der Waals surface area (Å²) in [6.45, 7) is 8.79. The number of thioether (sulfide) groups is 1. The number of carbonyl (C=O) groups is 2. The Hall–Kier alpha value is -3.53. The lowest BCUT2D eigenvalue weighted by molar-refractivity contribution is -0.123. The highest BCUT2D eigenvalue weighted by molar-refractivity contribution is 7.99. The van der Waals surface area contributed by atoms with E-state index >= 15 is 0 Å². The quantitative estimate of drug-likeness (QED) is 0.353. The molecule has 0 atom stereocenters. The van der Waals surface area contributed by atoms with Crippen molar-refractivity contribution in [2.75, 3.05) is 24.3 Å². The molecule has 0 saturated heterocycles. The normalized spacial score (nSPS) is 10.8. The monoisotopic (exact) mass is 511 g/mol. The lowest BCUT2D eigenvalue weighted by Crippen LogP contribution is -2.29. The highest BCUT2D eigenvalue weighted by Gasteiger charge is 2.14. The largest absolute Gasteiger partial charge is 0.494 e. The summed E-state index contributed by atoms with van der Waals surface area (Å²) in [5, 5.41) is 14.5. The number of carbonyl (C=O) groups excluding carboxylic acids is 2. The topological polar surface area (TPSA) is 107 Å². The van der Waals surface area contributed by atoms with Gasteiger partial charge in [0.1, 0.15) is 11.5 Å². The van der Waals surface area contributed by atoms with Crippen LogP contribution in [0.4, 0.5) is 5.69 Å². The summed E-state index contributed by atoms with van der Waals surface area (Å²) in [5.41, 5.74) is 2.83. The van der Waals surface area contributed by atoms with Crippen LogP contribution < -0.4 is 20.1 Å². The van der Waals surface area contributed by atoms with Gasteiger partial charge in [0, 0.05) is 12.7 Å². The lowest BCUT2D eigenvalue weighted by Gasteiger charge is -2.14. The molecule has 0 aliphatic heterocycles. The molecule has 0 saturated carbocycles. The molecule has 0 aliphatic carbocycles. The van der Waals surface area contributed by atoms with Crippen molar-refractivity contribution in [2.45, 2.75) is 45.3 Å². The molecule has 2 aromatic carbocycles. The molecule has 2 N–H and O–H groups in total. The van der Waals surface area contributed by atoms with Gasteiger partial charge in [0.2, 0.25) is 5.91 Å². The van der Waals surface area contributed by atoms with Gasteiger partial charge >= 0.3 is 0 Å². The van der Waals surface area contributed by atoms with E-state index in [4.69, 9.17) is 9.47 Å². The smallest absolute Gasteiger partial charge is 0.258 e. The molecule has 2 amide bonds. The van der Waals surface area contributed by atoms with E-state index in [0.717, 1.165) is 22.6 Å². The van der Waals surface area contributed by atoms with E-state index in [9.17, 15) is 9.59 Å². The first-order valence-corrected chi connectivity index (χ1v) is 12.8. The Kier molecular flexibility index (Phi) is 9.75. The van der Waals surface area contributed by atoms with E-state index in [2.05, 4.69) is 34.7 Å². The average Bonchev–Trinajstić information content (AvgIpc) is 3.20. The summed E-state index contributed by atoms with van der Waals surface area (Å²) in [4.78, 5) is 24.7. The van der Waals surface area contributed by atoms with E-state index < -0.39 is 0 Å². The summed E-state index contributed by atoms with van der Waals surface area (Å²) >= 11 is 1.27. The van der Waals surface area contributed by atoms with Crippen molar-refractivity contribution in [3.05, 3.63) is 59.4 Å². The molecule has 1 aromatic heterocycles. The minimum Gasteiger partial charge on any atom is -0.494 e. The number of aromatic nitrogens is 3. The van der Waals surface area contributed by atoms with Gasteiger partial charge in [-0.15, -0.1) is 10.2 Å². The Morgan fingerprint density at radius 1 is 1.06 bits per heavy atom. The predicted octanol–water partition coefficient (Wildman–Crippen LogP) is 4.07. The summed E-state index contributed by atoms with van der Waals surface area (Å²) in [6.07, 6.45) is 0. The van der Waals surface area contributed by atoms with Crippen LogP contribution in [0.25, 0.3) is 0 Å². The van der Waals surface area contributed by atoms with Crippen LogP contribution in [0.2, 0.25) is 0 Å². The molecule has 1 heterocycles. The van der Waals surface area contributed by atoms with Crippen LogP contribution in [0.5, 0.6) is 11.5 Å². The van der Waals surface area contributed by atoms with Gasteiger partial charge < -0.3 is 24.7 Å². The van der Waals surface area contributed by atoms with Gasteiger partial charge in [0.25, 0.3) is 5.91 Å². The van der Waals surface area contributed by atoms with E-state index in [-0.39, 0.29) is 30.7 Å². The van der Waals surface area contributed by atoms with Crippen molar-refractivity contribution in [3.8, 4) is 11.5 Å². The Labute approximate surface area is 216 Å². The summed E-state index contributed by atoms with van der Waals surface area (Å²) in [7, 11) is 1.80. The fraction of sp³-hybridized carbons (Fsp3) is 0.385. The van der Waals surface area contributed by atoms with Crippen LogP contribution in [-0.2, 0) is 23.2 Å². The number of amides is 2. The number of rotatable bonds is 12. The molecule has 36 heavy (non-hydrogen) atoms. The zero-order valence-electron chi connectivity index (χ0n) is 21.3. The third kappa shape index (κ3) is 7.74. The molecule has 9 nitrogen and oxygen atoms in total. The summed E-state index contributed by atoms with van der Waals surface area (Å²) in [5.74, 6) is 2.12. The standard InChI is InChI=1S/C26H33N5O4S/c1-6-34-20-10-8-19(9-11-20)28-25(33)16-36-26-30-29-23(31(26)5)14-27-24(32)15-35-22-13-18(4)7-12-21(22)17(2)3/h7-13,17H,6,14-16H2,1-5H3,(H,27,32)(H,28,33). The number of hydrogen-bond donors (Lipinski definition) is 2. The van der Waals surface area contributed by atoms with E-state index in [1.54, 1.807) is 23.7 Å². The number of hydrogen-bond acceptors (Lipinski definition) is 7. The van der Waals surface area contributed by atoms with E-state index in [0.29, 0.717) is 29.2 Å². The molecule has 0 spiro atoms. The summed E-state index contributed by atoms with van der Waals surface area (Å²) < 4.78 is 12.9. The minimum atomic E-state index is -0.252. The molecule has 0 unspecified atom stereocenters. The number of ether oxygens (including phenoxy) is 2. The van der Waals surface area contributed by atoms with Gasteiger partial charge in [0.15, 0.2) is 17.6 Å². The fourth-order valence-electron chi connectivity index (χ4n) is 3.37. The Balaban J connectivity index is 1.45. The van der Waals surface area contributed by atoms with E-state index in [1.807, 2.05) is 44.2 Å². The van der Waals surface area contributed by atoms with Crippen LogP contribution in [0.3, 0.4) is 0 Å². The van der Waals surface area contributed by atoms with Crippen molar-refractivity contribution in [2.24, 2.45) is 7.05 Å². The third-order valence-electron chi connectivity index (χ3n) is 5.30. The molecule has 0 aliphatic rings. The first-order chi connectivity index (χ1) is 17.3. The van der Waals surface area contributed by atoms with Gasteiger partial charge in [0.05, 0.1) is 18.9 Å². The third-order valence-corrected chi connectivity index (χ3v) is 6.32. The molecule has 0 fully saturated rings. The van der Waals surface area contributed by atoms with Gasteiger partial charge in [-0.25, -0.2) is 0 Å². The van der Waals surface area contributed by atoms with Gasteiger partial charge in [-0.1, -0.05) is 37.7 Å². The van der Waals surface area contributed by atoms with Crippen LogP contribution >= 0.6 is 11.8 Å². The highest BCUT2D eigenvalue weighted by Crippen LogP contribution is 2.27. The maximum Gasteiger partial charge on any atom is 0.258 e. The van der Waals surface area contributed by atoms with Crippen molar-refractivity contribution >= 4 is 29.3 Å². The Morgan fingerprint density at radius 2 is 1.81 bits per heavy atom. The number of nitrogens with zero attached hydrogens (tertiary/aromatic N) is 3. The van der Waals surface area contributed by atoms with Gasteiger partial charge in [-0.2, -0.15) is 0 Å². The predicted molar refractivity (Wildman–Crippen MR) is 141 cm³/mol. The molecular formula is C26H33N5O4S. The van der Waals surface area contributed by atoms with Crippen LogP contribution in [0.15, 0.2) is 47.6 Å².